The number of benzene rings is 3. The van der Waals surface area contributed by atoms with Crippen LogP contribution in [0.2, 0.25) is 0 Å². The van der Waals surface area contributed by atoms with Crippen molar-refractivity contribution in [3.05, 3.63) is 95.6 Å². The number of rotatable bonds is 13. The number of amides is 2. The molecule has 0 aromatic heterocycles. The molecule has 0 unspecified atom stereocenters. The highest BCUT2D eigenvalue weighted by molar-refractivity contribution is 5.85. The number of carbonyl (C=O) groups excluding carboxylic acids is 4. The number of nitrogens with one attached hydrogen (secondary N) is 2. The van der Waals surface area contributed by atoms with Gasteiger partial charge in [-0.1, -0.05) is 92.7 Å². The van der Waals surface area contributed by atoms with Gasteiger partial charge in [0.1, 0.15) is 24.9 Å². The van der Waals surface area contributed by atoms with Gasteiger partial charge in [0.25, 0.3) is 0 Å². The van der Waals surface area contributed by atoms with Crippen molar-refractivity contribution in [2.75, 3.05) is 6.61 Å². The molecule has 0 bridgehead atoms. The van der Waals surface area contributed by atoms with E-state index in [2.05, 4.69) is 10.6 Å². The van der Waals surface area contributed by atoms with E-state index in [0.717, 1.165) is 27.8 Å². The number of hydrogen-bond acceptors (Lipinski definition) is 9. The Hall–Kier alpha value is -4.90. The third kappa shape index (κ3) is 11.0. The van der Waals surface area contributed by atoms with E-state index in [9.17, 15) is 19.2 Å². The Labute approximate surface area is 306 Å². The minimum Gasteiger partial charge on any atom is -0.459 e. The standard InChI is InChI=1S/C41H52N2O9/c1-25(2)35(34(43-39(47)52-41(7,8)9)36(44)48-23-27-17-11-10-12-18-27)50-37(45)33(26(3)51-40(4,5)6)42-38(46)49-24-32-30-21-15-13-19-28(30)29-20-14-16-22-31(29)32/h10-22,25-26,32-35H,23-24H2,1-9H3,(H,42,46)(H,43,47)/t26-,33+,34+,35-/m1/s1. The maximum atomic E-state index is 14.1. The molecule has 280 valence electrons. The molecule has 3 aromatic carbocycles. The maximum Gasteiger partial charge on any atom is 0.408 e. The average Bonchev–Trinajstić information content (AvgIpc) is 3.38. The van der Waals surface area contributed by atoms with Gasteiger partial charge in [-0.3, -0.25) is 0 Å². The molecule has 1 aliphatic carbocycles. The number of hydrogen-bond donors (Lipinski definition) is 2. The van der Waals surface area contributed by atoms with E-state index in [4.69, 9.17) is 23.7 Å². The van der Waals surface area contributed by atoms with E-state index in [-0.39, 0.29) is 19.1 Å². The Morgan fingerprint density at radius 3 is 1.73 bits per heavy atom. The number of carbonyl (C=O) groups is 4. The van der Waals surface area contributed by atoms with Gasteiger partial charge < -0.3 is 34.3 Å². The highest BCUT2D eigenvalue weighted by Gasteiger charge is 2.41. The van der Waals surface area contributed by atoms with E-state index in [1.807, 2.05) is 87.5 Å². The fourth-order valence-corrected chi connectivity index (χ4v) is 6.09. The summed E-state index contributed by atoms with van der Waals surface area (Å²) in [6.45, 7) is 15.6. The van der Waals surface area contributed by atoms with Gasteiger partial charge in [-0.25, -0.2) is 19.2 Å². The Balaban J connectivity index is 1.54. The van der Waals surface area contributed by atoms with Crippen LogP contribution in [0, 0.1) is 5.92 Å². The Bertz CT molecular complexity index is 1650. The van der Waals surface area contributed by atoms with E-state index >= 15 is 0 Å². The first-order valence-corrected chi connectivity index (χ1v) is 17.6. The molecule has 4 rings (SSSR count). The van der Waals surface area contributed by atoms with Crippen molar-refractivity contribution >= 4 is 24.1 Å². The Kier molecular flexibility index (Phi) is 13.1. The molecule has 3 aromatic rings. The lowest BCUT2D eigenvalue weighted by molar-refractivity contribution is -0.168. The van der Waals surface area contributed by atoms with Crippen molar-refractivity contribution in [3.63, 3.8) is 0 Å². The summed E-state index contributed by atoms with van der Waals surface area (Å²) in [4.78, 5) is 54.1. The first kappa shape index (κ1) is 39.9. The second-order valence-electron chi connectivity index (χ2n) is 15.2. The molecule has 52 heavy (non-hydrogen) atoms. The molecule has 0 saturated heterocycles. The summed E-state index contributed by atoms with van der Waals surface area (Å²) in [7, 11) is 0. The molecule has 11 nitrogen and oxygen atoms in total. The minimum absolute atomic E-state index is 0.0277. The van der Waals surface area contributed by atoms with Crippen molar-refractivity contribution < 1.29 is 42.9 Å². The largest absolute Gasteiger partial charge is 0.459 e. The van der Waals surface area contributed by atoms with Crippen LogP contribution in [0.4, 0.5) is 9.59 Å². The smallest absolute Gasteiger partial charge is 0.408 e. The zero-order chi connectivity index (χ0) is 38.2. The van der Waals surface area contributed by atoms with E-state index < -0.39 is 65.5 Å². The number of ether oxygens (including phenoxy) is 5. The first-order chi connectivity index (χ1) is 24.4. The summed E-state index contributed by atoms with van der Waals surface area (Å²) >= 11 is 0. The monoisotopic (exact) mass is 716 g/mol. The lowest BCUT2D eigenvalue weighted by Crippen LogP contribution is -2.57. The van der Waals surface area contributed by atoms with Gasteiger partial charge in [0.15, 0.2) is 12.1 Å². The third-order valence-electron chi connectivity index (χ3n) is 8.27. The Morgan fingerprint density at radius 2 is 1.19 bits per heavy atom. The number of fused-ring (bicyclic) bond motifs is 3. The van der Waals surface area contributed by atoms with Gasteiger partial charge >= 0.3 is 24.1 Å². The molecule has 4 atom stereocenters. The number of alkyl carbamates (subject to hydrolysis) is 2. The van der Waals surface area contributed by atoms with Crippen LogP contribution in [0.3, 0.4) is 0 Å². The molecule has 11 heteroatoms. The zero-order valence-electron chi connectivity index (χ0n) is 31.6. The second-order valence-corrected chi connectivity index (χ2v) is 15.2. The average molecular weight is 717 g/mol. The van der Waals surface area contributed by atoms with E-state index in [1.165, 1.54) is 0 Å². The summed E-state index contributed by atoms with van der Waals surface area (Å²) in [6, 6.07) is 22.2. The van der Waals surface area contributed by atoms with Crippen molar-refractivity contribution in [2.24, 2.45) is 5.92 Å². The Morgan fingerprint density at radius 1 is 0.654 bits per heavy atom. The molecule has 0 fully saturated rings. The van der Waals surface area contributed by atoms with Crippen LogP contribution in [0.25, 0.3) is 11.1 Å². The van der Waals surface area contributed by atoms with Crippen LogP contribution < -0.4 is 10.6 Å². The molecular weight excluding hydrogens is 664 g/mol. The van der Waals surface area contributed by atoms with E-state index in [1.54, 1.807) is 53.7 Å². The van der Waals surface area contributed by atoms with Gasteiger partial charge in [-0.15, -0.1) is 0 Å². The van der Waals surface area contributed by atoms with Crippen molar-refractivity contribution in [1.82, 2.24) is 10.6 Å². The normalized spacial score (nSPS) is 15.0. The predicted molar refractivity (Wildman–Crippen MR) is 196 cm³/mol. The molecule has 2 amide bonds. The van der Waals surface area contributed by atoms with Crippen molar-refractivity contribution in [1.29, 1.82) is 0 Å². The highest BCUT2D eigenvalue weighted by atomic mass is 16.6. The zero-order valence-corrected chi connectivity index (χ0v) is 31.6. The molecule has 2 N–H and O–H groups in total. The van der Waals surface area contributed by atoms with Crippen LogP contribution in [0.5, 0.6) is 0 Å². The maximum absolute atomic E-state index is 14.1. The van der Waals surface area contributed by atoms with Crippen LogP contribution in [0.1, 0.15) is 84.9 Å². The summed E-state index contributed by atoms with van der Waals surface area (Å²) < 4.78 is 28.9. The second kappa shape index (κ2) is 17.1. The van der Waals surface area contributed by atoms with Crippen LogP contribution in [0.15, 0.2) is 78.9 Å². The van der Waals surface area contributed by atoms with Gasteiger partial charge in [0.05, 0.1) is 11.7 Å². The molecule has 0 heterocycles. The minimum atomic E-state index is -1.45. The van der Waals surface area contributed by atoms with Crippen LogP contribution >= 0.6 is 0 Å². The van der Waals surface area contributed by atoms with Gasteiger partial charge in [0, 0.05) is 5.92 Å². The first-order valence-electron chi connectivity index (χ1n) is 17.6. The fraction of sp³-hybridized carbons (Fsp3) is 0.463. The summed E-state index contributed by atoms with van der Waals surface area (Å²) in [5.41, 5.74) is 3.41. The van der Waals surface area contributed by atoms with Crippen molar-refractivity contribution in [3.8, 4) is 11.1 Å². The lowest BCUT2D eigenvalue weighted by atomic mass is 9.98. The SMILES string of the molecule is CC(C)[C@@H](OC(=O)[C@@H](NC(=O)OCC1c2ccccc2-c2ccccc21)[C@@H](C)OC(C)(C)C)[C@H](NC(=O)OC(C)(C)C)C(=O)OCc1ccccc1. The predicted octanol–water partition coefficient (Wildman–Crippen LogP) is 7.30. The number of esters is 2. The van der Waals surface area contributed by atoms with Crippen LogP contribution in [-0.4, -0.2) is 66.2 Å². The summed E-state index contributed by atoms with van der Waals surface area (Å²) in [5, 5.41) is 5.21. The quantitative estimate of drug-likeness (QED) is 0.138. The third-order valence-corrected chi connectivity index (χ3v) is 8.27. The van der Waals surface area contributed by atoms with Crippen molar-refractivity contribution in [2.45, 2.75) is 110 Å². The highest BCUT2D eigenvalue weighted by Crippen LogP contribution is 2.44. The van der Waals surface area contributed by atoms with Gasteiger partial charge in [-0.05, 0) is 82.2 Å². The van der Waals surface area contributed by atoms with Crippen LogP contribution in [-0.2, 0) is 39.9 Å². The topological polar surface area (TPSA) is 138 Å². The molecule has 0 radical (unpaired) electrons. The van der Waals surface area contributed by atoms with Gasteiger partial charge in [-0.2, -0.15) is 0 Å². The summed E-state index contributed by atoms with van der Waals surface area (Å²) in [6.07, 6.45) is -3.85. The molecule has 0 aliphatic heterocycles. The van der Waals surface area contributed by atoms with Gasteiger partial charge in [0.2, 0.25) is 0 Å². The van der Waals surface area contributed by atoms with E-state index in [0.29, 0.717) is 0 Å². The molecular formula is C41H52N2O9. The fourth-order valence-electron chi connectivity index (χ4n) is 6.09. The summed E-state index contributed by atoms with van der Waals surface area (Å²) in [5.74, 6) is -2.42. The molecule has 1 aliphatic rings. The lowest BCUT2D eigenvalue weighted by Gasteiger charge is -2.34. The molecule has 0 saturated carbocycles. The molecule has 0 spiro atoms.